The van der Waals surface area contributed by atoms with Gasteiger partial charge in [0.25, 0.3) is 0 Å². The maximum absolute atomic E-state index is 11.0. The molecule has 3 saturated carbocycles. The molecule has 0 heterocycles. The van der Waals surface area contributed by atoms with Crippen LogP contribution in [-0.2, 0) is 9.53 Å². The van der Waals surface area contributed by atoms with Crippen LogP contribution in [0.1, 0.15) is 19.3 Å². The summed E-state index contributed by atoms with van der Waals surface area (Å²) in [5.74, 6) is -0.222. The normalized spacial score (nSPS) is 45.6. The maximum atomic E-state index is 11.0. The highest BCUT2D eigenvalue weighted by atomic mass is 79.9. The van der Waals surface area contributed by atoms with Crippen LogP contribution in [0.15, 0.2) is 0 Å². The van der Waals surface area contributed by atoms with Crippen LogP contribution in [0.25, 0.3) is 0 Å². The minimum atomic E-state index is -0.222. The molecule has 0 spiro atoms. The summed E-state index contributed by atoms with van der Waals surface area (Å²) >= 11 is 3.43. The van der Waals surface area contributed by atoms with Crippen molar-refractivity contribution in [3.63, 3.8) is 0 Å². The van der Waals surface area contributed by atoms with Crippen LogP contribution in [-0.4, -0.2) is 11.3 Å². The van der Waals surface area contributed by atoms with Gasteiger partial charge >= 0.3 is 5.97 Å². The van der Waals surface area contributed by atoms with E-state index >= 15 is 0 Å². The van der Waals surface area contributed by atoms with E-state index in [0.29, 0.717) is 5.41 Å². The Labute approximate surface area is 74.4 Å². The third-order valence-electron chi connectivity index (χ3n) is 2.96. The number of hydrogen-bond acceptors (Lipinski definition) is 2. The molecule has 3 aliphatic carbocycles. The summed E-state index contributed by atoms with van der Waals surface area (Å²) < 4.78 is 4.23. The van der Waals surface area contributed by atoms with Gasteiger partial charge in [0.1, 0.15) is 0 Å². The molecule has 60 valence electrons. The highest BCUT2D eigenvalue weighted by molar-refractivity contribution is 9.09. The lowest BCUT2D eigenvalue weighted by molar-refractivity contribution is -0.214. The number of esters is 1. The van der Waals surface area contributed by atoms with Crippen LogP contribution in [0.4, 0.5) is 0 Å². The van der Waals surface area contributed by atoms with E-state index in [-0.39, 0.29) is 11.4 Å². The first-order chi connectivity index (χ1) is 5.16. The molecule has 2 bridgehead atoms. The molecule has 2 nitrogen and oxygen atoms in total. The van der Waals surface area contributed by atoms with E-state index < -0.39 is 0 Å². The van der Waals surface area contributed by atoms with Crippen molar-refractivity contribution in [1.82, 2.24) is 0 Å². The Bertz CT molecular complexity index is 192. The molecule has 0 aromatic carbocycles. The van der Waals surface area contributed by atoms with E-state index in [9.17, 15) is 4.79 Å². The van der Waals surface area contributed by atoms with E-state index in [1.807, 2.05) is 0 Å². The van der Waals surface area contributed by atoms with Crippen LogP contribution >= 0.6 is 15.9 Å². The fourth-order valence-corrected chi connectivity index (χ4v) is 3.08. The van der Waals surface area contributed by atoms with Crippen LogP contribution in [0, 0.1) is 17.9 Å². The summed E-state index contributed by atoms with van der Waals surface area (Å²) in [6.07, 6.45) is 2.88. The minimum Gasteiger partial charge on any atom is -0.454 e. The van der Waals surface area contributed by atoms with Gasteiger partial charge < -0.3 is 4.74 Å². The smallest absolute Gasteiger partial charge is 0.312 e. The van der Waals surface area contributed by atoms with Gasteiger partial charge in [-0.2, -0.15) is 0 Å². The number of halogens is 1. The molecule has 0 aromatic heterocycles. The predicted octanol–water partition coefficient (Wildman–Crippen LogP) is 1.76. The molecule has 0 amide bonds. The second-order valence-electron chi connectivity index (χ2n) is 3.85. The van der Waals surface area contributed by atoms with Gasteiger partial charge in [-0.1, -0.05) is 15.9 Å². The van der Waals surface area contributed by atoms with E-state index in [0.717, 1.165) is 24.6 Å². The van der Waals surface area contributed by atoms with Gasteiger partial charge in [0.15, 0.2) is 7.11 Å². The fraction of sp³-hybridized carbons (Fsp3) is 0.750. The number of ether oxygens (including phenoxy) is 1. The van der Waals surface area contributed by atoms with Crippen LogP contribution < -0.4 is 0 Å². The number of hydrogen-bond donors (Lipinski definition) is 0. The molecule has 3 fully saturated rings. The maximum Gasteiger partial charge on any atom is 0.312 e. The van der Waals surface area contributed by atoms with E-state index in [2.05, 4.69) is 20.7 Å². The minimum absolute atomic E-state index is 0.178. The molecular weight excluding hydrogens is 208 g/mol. The van der Waals surface area contributed by atoms with Crippen molar-refractivity contribution >= 4 is 21.9 Å². The van der Waals surface area contributed by atoms with Crippen LogP contribution in [0.2, 0.25) is 0 Å². The quantitative estimate of drug-likeness (QED) is 0.520. The van der Waals surface area contributed by atoms with Gasteiger partial charge in [0.05, 0.1) is 5.41 Å². The molecule has 3 heteroatoms. The van der Waals surface area contributed by atoms with Crippen molar-refractivity contribution in [1.29, 1.82) is 0 Å². The molecule has 0 saturated heterocycles. The molecular formula is C8H9BrO2. The molecule has 0 aliphatic heterocycles. The average molecular weight is 217 g/mol. The molecule has 0 N–H and O–H groups in total. The Balaban J connectivity index is 1.99. The average Bonchev–Trinajstić information content (AvgIpc) is 1.83. The van der Waals surface area contributed by atoms with Crippen molar-refractivity contribution in [2.24, 2.45) is 10.8 Å². The second kappa shape index (κ2) is 2.00. The Kier molecular flexibility index (Phi) is 1.38. The zero-order chi connectivity index (χ0) is 8.11. The molecule has 3 rings (SSSR count). The first-order valence-electron chi connectivity index (χ1n) is 3.64. The van der Waals surface area contributed by atoms with Crippen LogP contribution in [0.5, 0.6) is 0 Å². The Morgan fingerprint density at radius 2 is 2.09 bits per heavy atom. The molecule has 0 atom stereocenters. The monoisotopic (exact) mass is 216 g/mol. The summed E-state index contributed by atoms with van der Waals surface area (Å²) in [6, 6.07) is 0. The third-order valence-corrected chi connectivity index (χ3v) is 4.15. The van der Waals surface area contributed by atoms with E-state index in [1.54, 1.807) is 0 Å². The second-order valence-corrected chi connectivity index (χ2v) is 4.41. The zero-order valence-corrected chi connectivity index (χ0v) is 7.69. The molecule has 3 aliphatic rings. The first-order valence-corrected chi connectivity index (χ1v) is 4.76. The van der Waals surface area contributed by atoms with Gasteiger partial charge in [0.2, 0.25) is 0 Å². The number of carbonyl (C=O) groups excluding carboxylic acids is 1. The summed E-state index contributed by atoms with van der Waals surface area (Å²) in [7, 11) is 4.82. The number of carbonyl (C=O) groups is 1. The first kappa shape index (κ1) is 7.59. The molecule has 0 aromatic rings. The van der Waals surface area contributed by atoms with Crippen molar-refractivity contribution in [3.05, 3.63) is 7.11 Å². The summed E-state index contributed by atoms with van der Waals surface area (Å²) in [6.45, 7) is 0. The predicted molar refractivity (Wildman–Crippen MR) is 42.9 cm³/mol. The lowest BCUT2D eigenvalue weighted by Crippen LogP contribution is -2.66. The summed E-state index contributed by atoms with van der Waals surface area (Å²) in [5.41, 5.74) is 0.233. The molecule has 2 radical (unpaired) electrons. The topological polar surface area (TPSA) is 26.3 Å². The summed E-state index contributed by atoms with van der Waals surface area (Å²) in [4.78, 5) is 11.0. The standard InChI is InChI=1S/C8H9BrO2/c1-11-6(10)8-2-7(3-8,4-8)5-9/h1H,2-5H2. The Hall–Kier alpha value is -0.0500. The van der Waals surface area contributed by atoms with Gasteiger partial charge in [-0.3, -0.25) is 4.79 Å². The van der Waals surface area contributed by atoms with Crippen LogP contribution in [0.3, 0.4) is 0 Å². The highest BCUT2D eigenvalue weighted by Gasteiger charge is 2.71. The largest absolute Gasteiger partial charge is 0.454 e. The van der Waals surface area contributed by atoms with Gasteiger partial charge in [-0.15, -0.1) is 0 Å². The number of rotatable bonds is 2. The van der Waals surface area contributed by atoms with Gasteiger partial charge in [-0.25, -0.2) is 0 Å². The lowest BCUT2D eigenvalue weighted by atomic mass is 9.36. The highest BCUT2D eigenvalue weighted by Crippen LogP contribution is 2.74. The SMILES string of the molecule is [CH]OC(=O)C12CC(CBr)(C1)C2. The number of alkyl halides is 1. The van der Waals surface area contributed by atoms with Gasteiger partial charge in [-0.05, 0) is 24.7 Å². The Morgan fingerprint density at radius 1 is 1.55 bits per heavy atom. The van der Waals surface area contributed by atoms with E-state index in [4.69, 9.17) is 7.11 Å². The van der Waals surface area contributed by atoms with E-state index in [1.165, 1.54) is 0 Å². The summed E-state index contributed by atoms with van der Waals surface area (Å²) in [5, 5.41) is 1.000. The fourth-order valence-electron chi connectivity index (χ4n) is 2.48. The van der Waals surface area contributed by atoms with Crippen molar-refractivity contribution < 1.29 is 9.53 Å². The Morgan fingerprint density at radius 3 is 2.45 bits per heavy atom. The van der Waals surface area contributed by atoms with Gasteiger partial charge in [0, 0.05) is 5.33 Å². The van der Waals surface area contributed by atoms with Crippen molar-refractivity contribution in [3.8, 4) is 0 Å². The molecule has 0 unspecified atom stereocenters. The lowest BCUT2D eigenvalue weighted by Gasteiger charge is -2.68. The van der Waals surface area contributed by atoms with Crippen molar-refractivity contribution in [2.75, 3.05) is 5.33 Å². The zero-order valence-electron chi connectivity index (χ0n) is 6.10. The van der Waals surface area contributed by atoms with Crippen molar-refractivity contribution in [2.45, 2.75) is 19.3 Å². The third kappa shape index (κ3) is 0.750. The molecule has 11 heavy (non-hydrogen) atoms.